The van der Waals surface area contributed by atoms with Gasteiger partial charge in [-0.05, 0) is 18.6 Å². The molecule has 2 saturated heterocycles. The molecule has 1 unspecified atom stereocenters. The first-order valence-corrected chi connectivity index (χ1v) is 9.63. The summed E-state index contributed by atoms with van der Waals surface area (Å²) in [5, 5.41) is 3.40. The number of carbonyl (C=O) groups is 2. The predicted octanol–water partition coefficient (Wildman–Crippen LogP) is 1.95. The fourth-order valence-corrected chi connectivity index (χ4v) is 4.28. The van der Waals surface area contributed by atoms with E-state index in [1.54, 1.807) is 7.11 Å². The minimum absolute atomic E-state index is 0.0291. The molecule has 0 radical (unpaired) electrons. The fraction of sp³-hybridized carbons (Fsp3) is 0.500. The second-order valence-corrected chi connectivity index (χ2v) is 7.61. The first-order valence-electron chi connectivity index (χ1n) is 8.82. The molecule has 1 N–H and O–H groups in total. The van der Waals surface area contributed by atoms with Crippen LogP contribution >= 0.6 is 11.3 Å². The van der Waals surface area contributed by atoms with Crippen LogP contribution in [0.1, 0.15) is 25.7 Å². The van der Waals surface area contributed by atoms with Crippen LogP contribution in [-0.2, 0) is 9.59 Å². The van der Waals surface area contributed by atoms with Crippen molar-refractivity contribution in [1.29, 1.82) is 0 Å². The lowest BCUT2D eigenvalue weighted by atomic mass is 10.1. The molecule has 3 heterocycles. The molecule has 0 saturated carbocycles. The molecule has 8 heteroatoms. The van der Waals surface area contributed by atoms with Crippen molar-refractivity contribution in [1.82, 2.24) is 15.2 Å². The van der Waals surface area contributed by atoms with Gasteiger partial charge in [0.15, 0.2) is 0 Å². The summed E-state index contributed by atoms with van der Waals surface area (Å²) in [5.41, 5.74) is 0.869. The Kier molecular flexibility index (Phi) is 4.67. The van der Waals surface area contributed by atoms with E-state index in [9.17, 15) is 9.59 Å². The highest BCUT2D eigenvalue weighted by Crippen LogP contribution is 2.32. The molecular formula is C18H21N3O4S. The molecule has 0 spiro atoms. The number of carbonyl (C=O) groups excluding carboxylic acids is 2. The van der Waals surface area contributed by atoms with Gasteiger partial charge in [0, 0.05) is 38.4 Å². The number of hydrogen-bond acceptors (Lipinski definition) is 6. The summed E-state index contributed by atoms with van der Waals surface area (Å²) < 4.78 is 12.3. The Bertz CT molecular complexity index is 829. The van der Waals surface area contributed by atoms with Crippen molar-refractivity contribution in [2.75, 3.05) is 20.2 Å². The summed E-state index contributed by atoms with van der Waals surface area (Å²) in [6, 6.07) is 5.45. The lowest BCUT2D eigenvalue weighted by molar-refractivity contribution is -0.136. The molecule has 2 aromatic rings. The molecule has 1 atom stereocenters. The monoisotopic (exact) mass is 375 g/mol. The van der Waals surface area contributed by atoms with Gasteiger partial charge in [0.2, 0.25) is 11.8 Å². The van der Waals surface area contributed by atoms with E-state index < -0.39 is 0 Å². The van der Waals surface area contributed by atoms with Crippen LogP contribution in [0.2, 0.25) is 0 Å². The molecule has 138 valence electrons. The van der Waals surface area contributed by atoms with Gasteiger partial charge >= 0.3 is 0 Å². The number of ether oxygens (including phenoxy) is 2. The molecule has 1 aromatic heterocycles. The third kappa shape index (κ3) is 3.46. The summed E-state index contributed by atoms with van der Waals surface area (Å²) in [4.78, 5) is 30.1. The zero-order chi connectivity index (χ0) is 18.1. The van der Waals surface area contributed by atoms with Crippen LogP contribution in [0, 0.1) is 0 Å². The molecule has 7 nitrogen and oxygen atoms in total. The Labute approximate surface area is 155 Å². The quantitative estimate of drug-likeness (QED) is 0.883. The van der Waals surface area contributed by atoms with Gasteiger partial charge in [-0.2, -0.15) is 0 Å². The Morgan fingerprint density at radius 3 is 2.81 bits per heavy atom. The number of fused-ring (bicyclic) bond motifs is 1. The number of hydrogen-bond donors (Lipinski definition) is 1. The maximum absolute atomic E-state index is 12.4. The molecule has 2 aliphatic heterocycles. The average molecular weight is 375 g/mol. The summed E-state index contributed by atoms with van der Waals surface area (Å²) in [5.74, 6) is 0.774. The van der Waals surface area contributed by atoms with E-state index in [0.29, 0.717) is 31.1 Å². The number of methoxy groups -OCH3 is 1. The third-order valence-corrected chi connectivity index (χ3v) is 5.82. The Balaban J connectivity index is 1.33. The van der Waals surface area contributed by atoms with E-state index in [4.69, 9.17) is 9.47 Å². The summed E-state index contributed by atoms with van der Waals surface area (Å²) >= 11 is 1.52. The SMILES string of the molecule is COc1ccc2sc(OC3CCN(C(=O)C4CCC(=O)N4)CC3)nc2c1. The highest BCUT2D eigenvalue weighted by atomic mass is 32.1. The molecule has 26 heavy (non-hydrogen) atoms. The molecular weight excluding hydrogens is 354 g/mol. The number of amides is 2. The molecule has 2 amide bonds. The summed E-state index contributed by atoms with van der Waals surface area (Å²) in [6.07, 6.45) is 2.64. The van der Waals surface area contributed by atoms with Crippen LogP contribution in [-0.4, -0.2) is 54.0 Å². The molecule has 1 aromatic carbocycles. The van der Waals surface area contributed by atoms with Gasteiger partial charge in [0.25, 0.3) is 5.19 Å². The first kappa shape index (κ1) is 17.1. The van der Waals surface area contributed by atoms with Gasteiger partial charge in [-0.15, -0.1) is 0 Å². The van der Waals surface area contributed by atoms with Crippen LogP contribution in [0.25, 0.3) is 10.2 Å². The number of likely N-dealkylation sites (tertiary alicyclic amines) is 1. The number of aromatic nitrogens is 1. The molecule has 2 aliphatic rings. The highest BCUT2D eigenvalue weighted by molar-refractivity contribution is 7.20. The van der Waals surface area contributed by atoms with Crippen molar-refractivity contribution in [2.45, 2.75) is 37.8 Å². The van der Waals surface area contributed by atoms with E-state index in [-0.39, 0.29) is 24.0 Å². The van der Waals surface area contributed by atoms with Gasteiger partial charge in [-0.3, -0.25) is 9.59 Å². The minimum atomic E-state index is -0.348. The smallest absolute Gasteiger partial charge is 0.274 e. The van der Waals surface area contributed by atoms with Crippen LogP contribution < -0.4 is 14.8 Å². The highest BCUT2D eigenvalue weighted by Gasteiger charge is 2.33. The number of rotatable bonds is 4. The van der Waals surface area contributed by atoms with Crippen molar-refractivity contribution in [3.63, 3.8) is 0 Å². The molecule has 2 fully saturated rings. The van der Waals surface area contributed by atoms with E-state index >= 15 is 0 Å². The Morgan fingerprint density at radius 1 is 1.31 bits per heavy atom. The number of piperidine rings is 1. The zero-order valence-electron chi connectivity index (χ0n) is 14.6. The normalized spacial score (nSPS) is 21.0. The van der Waals surface area contributed by atoms with Crippen molar-refractivity contribution in [3.8, 4) is 10.9 Å². The fourth-order valence-electron chi connectivity index (χ4n) is 3.42. The van der Waals surface area contributed by atoms with Gasteiger partial charge < -0.3 is 19.7 Å². The van der Waals surface area contributed by atoms with E-state index in [0.717, 1.165) is 28.8 Å². The first-order chi connectivity index (χ1) is 12.6. The number of nitrogens with zero attached hydrogens (tertiary/aromatic N) is 2. The van der Waals surface area contributed by atoms with E-state index in [1.165, 1.54) is 11.3 Å². The molecule has 0 bridgehead atoms. The Hall–Kier alpha value is -2.35. The van der Waals surface area contributed by atoms with Crippen molar-refractivity contribution < 1.29 is 19.1 Å². The number of thiazole rings is 1. The van der Waals surface area contributed by atoms with Gasteiger partial charge in [-0.25, -0.2) is 4.98 Å². The average Bonchev–Trinajstić information content (AvgIpc) is 3.26. The van der Waals surface area contributed by atoms with E-state index in [2.05, 4.69) is 10.3 Å². The van der Waals surface area contributed by atoms with Gasteiger partial charge in [0.05, 0.1) is 17.3 Å². The number of nitrogens with one attached hydrogen (secondary N) is 1. The summed E-state index contributed by atoms with van der Waals surface area (Å²) in [7, 11) is 1.64. The van der Waals surface area contributed by atoms with E-state index in [1.807, 2.05) is 23.1 Å². The zero-order valence-corrected chi connectivity index (χ0v) is 15.4. The van der Waals surface area contributed by atoms with Crippen molar-refractivity contribution in [2.24, 2.45) is 0 Å². The van der Waals surface area contributed by atoms with Gasteiger partial charge in [0.1, 0.15) is 17.9 Å². The van der Waals surface area contributed by atoms with Crippen LogP contribution in [0.4, 0.5) is 0 Å². The van der Waals surface area contributed by atoms with Crippen molar-refractivity contribution >= 4 is 33.4 Å². The third-order valence-electron chi connectivity index (χ3n) is 4.89. The van der Waals surface area contributed by atoms with Crippen LogP contribution in [0.3, 0.4) is 0 Å². The topological polar surface area (TPSA) is 80.8 Å². The van der Waals surface area contributed by atoms with Crippen molar-refractivity contribution in [3.05, 3.63) is 18.2 Å². The largest absolute Gasteiger partial charge is 0.497 e. The van der Waals surface area contributed by atoms with Crippen LogP contribution in [0.5, 0.6) is 10.9 Å². The predicted molar refractivity (Wildman–Crippen MR) is 97.6 cm³/mol. The maximum Gasteiger partial charge on any atom is 0.274 e. The second-order valence-electron chi connectivity index (χ2n) is 6.61. The second kappa shape index (κ2) is 7.11. The lowest BCUT2D eigenvalue weighted by Gasteiger charge is -2.33. The standard InChI is InChI=1S/C18H21N3O4S/c1-24-12-2-4-15-14(10-12)20-18(26-15)25-11-6-8-21(9-7-11)17(23)13-3-5-16(22)19-13/h2,4,10-11,13H,3,5-9H2,1H3,(H,19,22). The number of benzene rings is 1. The van der Waals surface area contributed by atoms with Crippen LogP contribution in [0.15, 0.2) is 18.2 Å². The summed E-state index contributed by atoms with van der Waals surface area (Å²) in [6.45, 7) is 1.29. The molecule has 4 rings (SSSR count). The lowest BCUT2D eigenvalue weighted by Crippen LogP contribution is -2.49. The minimum Gasteiger partial charge on any atom is -0.497 e. The van der Waals surface area contributed by atoms with Gasteiger partial charge in [-0.1, -0.05) is 11.3 Å². The maximum atomic E-state index is 12.4. The molecule has 0 aliphatic carbocycles. The Morgan fingerprint density at radius 2 is 2.12 bits per heavy atom.